The second-order valence-electron chi connectivity index (χ2n) is 5.91. The third-order valence-electron chi connectivity index (χ3n) is 3.70. The monoisotopic (exact) mass is 305 g/mol. The van der Waals surface area contributed by atoms with Crippen LogP contribution < -0.4 is 10.0 Å². The second kappa shape index (κ2) is 5.97. The van der Waals surface area contributed by atoms with Gasteiger partial charge in [-0.3, -0.25) is 4.79 Å². The highest BCUT2D eigenvalue weighted by Crippen LogP contribution is 2.16. The van der Waals surface area contributed by atoms with Gasteiger partial charge in [-0.2, -0.15) is 0 Å². The van der Waals surface area contributed by atoms with Gasteiger partial charge in [0.05, 0.1) is 11.9 Å². The summed E-state index contributed by atoms with van der Waals surface area (Å²) in [5.41, 5.74) is -0.240. The molecule has 0 spiro atoms. The molecule has 2 saturated heterocycles. The number of hydrogen-bond acceptors (Lipinski definition) is 5. The van der Waals surface area contributed by atoms with E-state index in [9.17, 15) is 13.2 Å². The van der Waals surface area contributed by atoms with Crippen LogP contribution in [0.2, 0.25) is 0 Å². The zero-order valence-corrected chi connectivity index (χ0v) is 12.8. The minimum absolute atomic E-state index is 0.0593. The molecule has 1 atom stereocenters. The molecule has 0 bridgehead atoms. The summed E-state index contributed by atoms with van der Waals surface area (Å²) < 4.78 is 30.7. The van der Waals surface area contributed by atoms with E-state index in [1.54, 1.807) is 4.90 Å². The normalized spacial score (nSPS) is 26.1. The zero-order valence-electron chi connectivity index (χ0n) is 12.0. The Labute approximate surface area is 120 Å². The summed E-state index contributed by atoms with van der Waals surface area (Å²) in [6.07, 6.45) is 2.71. The molecule has 2 aliphatic heterocycles. The first-order chi connectivity index (χ1) is 9.27. The first-order valence-corrected chi connectivity index (χ1v) is 8.76. The van der Waals surface area contributed by atoms with E-state index in [2.05, 4.69) is 10.0 Å². The number of rotatable bonds is 5. The Hall–Kier alpha value is -0.700. The van der Waals surface area contributed by atoms with Crippen LogP contribution in [0, 0.1) is 0 Å². The van der Waals surface area contributed by atoms with Crippen molar-refractivity contribution in [3.05, 3.63) is 0 Å². The van der Waals surface area contributed by atoms with Crippen LogP contribution >= 0.6 is 0 Å². The first-order valence-electron chi connectivity index (χ1n) is 6.87. The van der Waals surface area contributed by atoms with Gasteiger partial charge in [-0.05, 0) is 19.8 Å². The predicted molar refractivity (Wildman–Crippen MR) is 74.8 cm³/mol. The average molecular weight is 305 g/mol. The predicted octanol–water partition coefficient (Wildman–Crippen LogP) is -1.09. The van der Waals surface area contributed by atoms with Crippen molar-refractivity contribution in [3.8, 4) is 0 Å². The van der Waals surface area contributed by atoms with Gasteiger partial charge in [0.15, 0.2) is 0 Å². The number of hydrogen-bond donors (Lipinski definition) is 2. The maximum atomic E-state index is 12.1. The van der Waals surface area contributed by atoms with E-state index in [0.717, 1.165) is 32.2 Å². The Balaban J connectivity index is 1.80. The molecular formula is C12H23N3O4S. The number of nitrogens with zero attached hydrogens (tertiary/aromatic N) is 1. The summed E-state index contributed by atoms with van der Waals surface area (Å²) in [4.78, 5) is 13.8. The van der Waals surface area contributed by atoms with Gasteiger partial charge in [-0.1, -0.05) is 0 Å². The lowest BCUT2D eigenvalue weighted by molar-refractivity contribution is -0.147. The Morgan fingerprint density at radius 2 is 2.20 bits per heavy atom. The highest BCUT2D eigenvalue weighted by Gasteiger charge is 2.34. The maximum Gasteiger partial charge on any atom is 0.248 e. The van der Waals surface area contributed by atoms with E-state index in [-0.39, 0.29) is 24.2 Å². The average Bonchev–Trinajstić information content (AvgIpc) is 2.32. The fourth-order valence-electron chi connectivity index (χ4n) is 2.51. The molecule has 0 aromatic carbocycles. The molecule has 8 heteroatoms. The summed E-state index contributed by atoms with van der Waals surface area (Å²) in [7, 11) is -3.23. The van der Waals surface area contributed by atoms with Gasteiger partial charge >= 0.3 is 0 Å². The molecule has 116 valence electrons. The van der Waals surface area contributed by atoms with Crippen molar-refractivity contribution in [2.45, 2.75) is 31.4 Å². The topological polar surface area (TPSA) is 87.7 Å². The second-order valence-corrected chi connectivity index (χ2v) is 7.69. The van der Waals surface area contributed by atoms with Gasteiger partial charge in [0, 0.05) is 32.2 Å². The molecule has 7 nitrogen and oxygen atoms in total. The number of carbonyl (C=O) groups is 1. The van der Waals surface area contributed by atoms with Crippen LogP contribution in [0.15, 0.2) is 0 Å². The van der Waals surface area contributed by atoms with Gasteiger partial charge in [0.25, 0.3) is 0 Å². The van der Waals surface area contributed by atoms with Gasteiger partial charge in [0.1, 0.15) is 6.61 Å². The van der Waals surface area contributed by atoms with Crippen molar-refractivity contribution in [1.82, 2.24) is 14.9 Å². The highest BCUT2D eigenvalue weighted by atomic mass is 32.2. The lowest BCUT2D eigenvalue weighted by atomic mass is 10.0. The molecule has 2 fully saturated rings. The van der Waals surface area contributed by atoms with E-state index in [1.807, 2.05) is 6.92 Å². The molecule has 0 saturated carbocycles. The molecule has 0 aliphatic carbocycles. The lowest BCUT2D eigenvalue weighted by Crippen LogP contribution is -2.60. The van der Waals surface area contributed by atoms with Gasteiger partial charge in [-0.25, -0.2) is 13.1 Å². The van der Waals surface area contributed by atoms with Crippen molar-refractivity contribution in [1.29, 1.82) is 0 Å². The largest absolute Gasteiger partial charge is 0.363 e. The summed E-state index contributed by atoms with van der Waals surface area (Å²) in [6.45, 7) is 4.64. The molecule has 2 aliphatic rings. The van der Waals surface area contributed by atoms with Crippen LogP contribution in [0.25, 0.3) is 0 Å². The molecule has 1 amide bonds. The third-order valence-corrected chi connectivity index (χ3v) is 4.46. The molecule has 0 aromatic heterocycles. The highest BCUT2D eigenvalue weighted by molar-refractivity contribution is 7.88. The van der Waals surface area contributed by atoms with E-state index in [0.29, 0.717) is 13.1 Å². The SMILES string of the molecule is CC1(OCC(=O)N2CCCC(NS(C)(=O)=O)C2)CNC1. The number of ether oxygens (including phenoxy) is 1. The fraction of sp³-hybridized carbons (Fsp3) is 0.917. The number of likely N-dealkylation sites (tertiary alicyclic amines) is 1. The molecule has 20 heavy (non-hydrogen) atoms. The van der Waals surface area contributed by atoms with E-state index in [1.165, 1.54) is 0 Å². The van der Waals surface area contributed by atoms with E-state index >= 15 is 0 Å². The van der Waals surface area contributed by atoms with Crippen molar-refractivity contribution in [2.24, 2.45) is 0 Å². The molecular weight excluding hydrogens is 282 g/mol. The zero-order chi connectivity index (χ0) is 14.8. The number of sulfonamides is 1. The van der Waals surface area contributed by atoms with Crippen LogP contribution in [0.3, 0.4) is 0 Å². The molecule has 2 N–H and O–H groups in total. The van der Waals surface area contributed by atoms with Crippen LogP contribution in [0.1, 0.15) is 19.8 Å². The standard InChI is InChI=1S/C12H23N3O4S/c1-12(8-13-9-12)19-7-11(16)15-5-3-4-10(6-15)14-20(2,17)18/h10,13-14H,3-9H2,1-2H3. The molecule has 0 aromatic rings. The summed E-state index contributed by atoms with van der Waals surface area (Å²) in [5.74, 6) is -0.0712. The third kappa shape index (κ3) is 4.41. The van der Waals surface area contributed by atoms with Crippen molar-refractivity contribution in [2.75, 3.05) is 39.0 Å². The van der Waals surface area contributed by atoms with Gasteiger partial charge in [-0.15, -0.1) is 0 Å². The van der Waals surface area contributed by atoms with Crippen LogP contribution in [-0.2, 0) is 19.6 Å². The van der Waals surface area contributed by atoms with Crippen LogP contribution in [0.4, 0.5) is 0 Å². The molecule has 2 heterocycles. The Bertz CT molecular complexity index is 461. The van der Waals surface area contributed by atoms with Crippen molar-refractivity contribution < 1.29 is 17.9 Å². The number of nitrogens with one attached hydrogen (secondary N) is 2. The molecule has 2 rings (SSSR count). The van der Waals surface area contributed by atoms with Gasteiger partial charge in [0.2, 0.25) is 15.9 Å². The minimum Gasteiger partial charge on any atom is -0.363 e. The van der Waals surface area contributed by atoms with E-state index in [4.69, 9.17) is 4.74 Å². The quantitative estimate of drug-likeness (QED) is 0.673. The Morgan fingerprint density at radius 1 is 1.50 bits per heavy atom. The van der Waals surface area contributed by atoms with Crippen LogP contribution in [-0.4, -0.2) is 69.9 Å². The number of amides is 1. The van der Waals surface area contributed by atoms with Gasteiger partial charge < -0.3 is 15.0 Å². The molecule has 1 unspecified atom stereocenters. The number of carbonyl (C=O) groups excluding carboxylic acids is 1. The lowest BCUT2D eigenvalue weighted by Gasteiger charge is -2.40. The summed E-state index contributed by atoms with van der Waals surface area (Å²) >= 11 is 0. The minimum atomic E-state index is -3.23. The van der Waals surface area contributed by atoms with Crippen molar-refractivity contribution >= 4 is 15.9 Å². The fourth-order valence-corrected chi connectivity index (χ4v) is 3.31. The smallest absolute Gasteiger partial charge is 0.248 e. The first kappa shape index (κ1) is 15.7. The summed E-state index contributed by atoms with van der Waals surface area (Å²) in [6, 6.07) is -0.191. The summed E-state index contributed by atoms with van der Waals surface area (Å²) in [5, 5.41) is 3.11. The Morgan fingerprint density at radius 3 is 2.75 bits per heavy atom. The maximum absolute atomic E-state index is 12.1. The van der Waals surface area contributed by atoms with Crippen LogP contribution in [0.5, 0.6) is 0 Å². The number of piperidine rings is 1. The van der Waals surface area contributed by atoms with Crippen molar-refractivity contribution in [3.63, 3.8) is 0 Å². The van der Waals surface area contributed by atoms with E-state index < -0.39 is 10.0 Å². The Kier molecular flexibility index (Phi) is 4.68. The molecule has 0 radical (unpaired) electrons.